The van der Waals surface area contributed by atoms with Crippen LogP contribution in [-0.2, 0) is 9.53 Å². The van der Waals surface area contributed by atoms with Gasteiger partial charge in [0.1, 0.15) is 11.3 Å². The van der Waals surface area contributed by atoms with Gasteiger partial charge in [0.05, 0.1) is 0 Å². The number of carbonyl (C=O) groups excluding carboxylic acids is 1. The molecule has 0 bridgehead atoms. The Bertz CT molecular complexity index is 354. The number of carbonyl (C=O) groups is 1. The van der Waals surface area contributed by atoms with E-state index in [-0.39, 0.29) is 0 Å². The third-order valence-electron chi connectivity index (χ3n) is 1.50. The van der Waals surface area contributed by atoms with Crippen LogP contribution < -0.4 is 0 Å². The molecule has 1 aliphatic rings. The number of ether oxygens (including phenoxy) is 1. The molecule has 0 aromatic heterocycles. The smallest absolute Gasteiger partial charge is 0.357 e. The van der Waals surface area contributed by atoms with E-state index in [1.807, 2.05) is 32.9 Å². The van der Waals surface area contributed by atoms with Gasteiger partial charge in [0.2, 0.25) is 0 Å². The number of hydrogen-bond donors (Lipinski definition) is 0. The maximum Gasteiger partial charge on any atom is 0.357 e. The average Bonchev–Trinajstić information content (AvgIpc) is 1.98. The van der Waals surface area contributed by atoms with Gasteiger partial charge in [0.15, 0.2) is 0 Å². The summed E-state index contributed by atoms with van der Waals surface area (Å²) in [6.07, 6.45) is 10.4. The van der Waals surface area contributed by atoms with E-state index in [1.165, 1.54) is 0 Å². The second-order valence-corrected chi connectivity index (χ2v) is 4.10. The molecule has 3 heteroatoms. The Morgan fingerprint density at radius 3 is 2.53 bits per heavy atom. The van der Waals surface area contributed by atoms with Crippen LogP contribution in [-0.4, -0.2) is 17.3 Å². The van der Waals surface area contributed by atoms with Crippen molar-refractivity contribution in [1.29, 1.82) is 0 Å². The first-order valence-corrected chi connectivity index (χ1v) is 4.80. The van der Waals surface area contributed by atoms with Gasteiger partial charge >= 0.3 is 5.97 Å². The molecule has 0 amide bonds. The van der Waals surface area contributed by atoms with Crippen LogP contribution in [0.3, 0.4) is 0 Å². The number of esters is 1. The molecule has 0 aromatic carbocycles. The van der Waals surface area contributed by atoms with Crippen molar-refractivity contribution in [3.8, 4) is 0 Å². The largest absolute Gasteiger partial charge is 0.455 e. The van der Waals surface area contributed by atoms with Crippen LogP contribution in [0.2, 0.25) is 0 Å². The molecule has 0 N–H and O–H groups in total. The van der Waals surface area contributed by atoms with E-state index in [4.69, 9.17) is 4.74 Å². The molecule has 0 spiro atoms. The van der Waals surface area contributed by atoms with Crippen LogP contribution >= 0.6 is 0 Å². The molecule has 0 unspecified atom stereocenters. The molecule has 0 saturated heterocycles. The minimum Gasteiger partial charge on any atom is -0.455 e. The molecule has 0 atom stereocenters. The summed E-state index contributed by atoms with van der Waals surface area (Å²) in [6.45, 7) is 5.48. The summed E-state index contributed by atoms with van der Waals surface area (Å²) >= 11 is 0. The van der Waals surface area contributed by atoms with Gasteiger partial charge in [-0.3, -0.25) is 0 Å². The van der Waals surface area contributed by atoms with Crippen molar-refractivity contribution in [3.63, 3.8) is 0 Å². The molecule has 1 rings (SSSR count). The summed E-state index contributed by atoms with van der Waals surface area (Å²) in [5, 5.41) is 0. The van der Waals surface area contributed by atoms with Gasteiger partial charge in [-0.1, -0.05) is 18.2 Å². The summed E-state index contributed by atoms with van der Waals surface area (Å²) in [4.78, 5) is 15.6. The Morgan fingerprint density at radius 1 is 1.20 bits per heavy atom. The average molecular weight is 205 g/mol. The fourth-order valence-corrected chi connectivity index (χ4v) is 0.942. The Labute approximate surface area is 89.8 Å². The number of rotatable bonds is 1. The molecule has 0 aromatic rings. The van der Waals surface area contributed by atoms with E-state index in [1.54, 1.807) is 24.4 Å². The van der Waals surface area contributed by atoms with E-state index in [2.05, 4.69) is 4.99 Å². The predicted octanol–water partition coefficient (Wildman–Crippen LogP) is 2.41. The fourth-order valence-electron chi connectivity index (χ4n) is 0.942. The van der Waals surface area contributed by atoms with Crippen molar-refractivity contribution >= 4 is 11.7 Å². The zero-order valence-electron chi connectivity index (χ0n) is 9.23. The first kappa shape index (κ1) is 11.4. The van der Waals surface area contributed by atoms with Crippen LogP contribution in [0.4, 0.5) is 0 Å². The molecule has 0 aliphatic carbocycles. The molecule has 0 fully saturated rings. The van der Waals surface area contributed by atoms with Crippen molar-refractivity contribution in [2.45, 2.75) is 26.4 Å². The zero-order chi connectivity index (χ0) is 11.3. The summed E-state index contributed by atoms with van der Waals surface area (Å²) in [7, 11) is 0. The van der Waals surface area contributed by atoms with E-state index in [0.29, 0.717) is 5.71 Å². The van der Waals surface area contributed by atoms with Crippen molar-refractivity contribution in [2.24, 2.45) is 4.99 Å². The highest BCUT2D eigenvalue weighted by atomic mass is 16.6. The maximum atomic E-state index is 11.6. The first-order chi connectivity index (χ1) is 6.99. The SMILES string of the molecule is CC(C)(C)OC(=O)C1=NC=CC=CC=C1. The lowest BCUT2D eigenvalue weighted by Crippen LogP contribution is -2.28. The van der Waals surface area contributed by atoms with Gasteiger partial charge in [-0.15, -0.1) is 0 Å². The second-order valence-electron chi connectivity index (χ2n) is 4.10. The van der Waals surface area contributed by atoms with Crippen LogP contribution in [0.1, 0.15) is 20.8 Å². The zero-order valence-corrected chi connectivity index (χ0v) is 9.23. The Morgan fingerprint density at radius 2 is 1.87 bits per heavy atom. The highest BCUT2D eigenvalue weighted by Crippen LogP contribution is 2.08. The molecule has 0 saturated carbocycles. The molecule has 0 radical (unpaired) electrons. The monoisotopic (exact) mass is 205 g/mol. The van der Waals surface area contributed by atoms with E-state index in [9.17, 15) is 4.79 Å². The van der Waals surface area contributed by atoms with Gasteiger partial charge in [-0.25, -0.2) is 9.79 Å². The third-order valence-corrected chi connectivity index (χ3v) is 1.50. The van der Waals surface area contributed by atoms with Crippen LogP contribution in [0.25, 0.3) is 0 Å². The highest BCUT2D eigenvalue weighted by Gasteiger charge is 2.19. The van der Waals surface area contributed by atoms with Crippen molar-refractivity contribution in [1.82, 2.24) is 0 Å². The normalized spacial score (nSPS) is 15.5. The van der Waals surface area contributed by atoms with Crippen LogP contribution in [0.5, 0.6) is 0 Å². The topological polar surface area (TPSA) is 38.7 Å². The molecule has 3 nitrogen and oxygen atoms in total. The predicted molar refractivity (Wildman–Crippen MR) is 60.7 cm³/mol. The Kier molecular flexibility index (Phi) is 3.61. The third kappa shape index (κ3) is 4.40. The quantitative estimate of drug-likeness (QED) is 0.616. The van der Waals surface area contributed by atoms with Gasteiger partial charge in [-0.2, -0.15) is 0 Å². The summed E-state index contributed by atoms with van der Waals surface area (Å²) < 4.78 is 5.19. The number of nitrogens with zero attached hydrogens (tertiary/aromatic N) is 1. The number of aliphatic imine (C=N–C) groups is 1. The summed E-state index contributed by atoms with van der Waals surface area (Å²) in [5.41, 5.74) is -0.180. The maximum absolute atomic E-state index is 11.6. The molecule has 15 heavy (non-hydrogen) atoms. The summed E-state index contributed by atoms with van der Waals surface area (Å²) in [6, 6.07) is 0. The van der Waals surface area contributed by atoms with E-state index >= 15 is 0 Å². The molecule has 1 aliphatic heterocycles. The summed E-state index contributed by atoms with van der Waals surface area (Å²) in [5.74, 6) is -0.404. The molecule has 80 valence electrons. The number of allylic oxidation sites excluding steroid dienone is 4. The second kappa shape index (κ2) is 4.73. The fraction of sp³-hybridized carbons (Fsp3) is 0.333. The van der Waals surface area contributed by atoms with Gasteiger partial charge in [0, 0.05) is 6.20 Å². The van der Waals surface area contributed by atoms with Crippen LogP contribution in [0.15, 0.2) is 41.6 Å². The lowest BCUT2D eigenvalue weighted by atomic mass is 10.2. The Hall–Kier alpha value is -1.64. The van der Waals surface area contributed by atoms with Crippen molar-refractivity contribution < 1.29 is 9.53 Å². The lowest BCUT2D eigenvalue weighted by Gasteiger charge is -2.19. The van der Waals surface area contributed by atoms with E-state index < -0.39 is 11.6 Å². The molecule has 1 heterocycles. The van der Waals surface area contributed by atoms with Crippen molar-refractivity contribution in [3.05, 3.63) is 36.6 Å². The van der Waals surface area contributed by atoms with Gasteiger partial charge in [0.25, 0.3) is 0 Å². The van der Waals surface area contributed by atoms with E-state index in [0.717, 1.165) is 0 Å². The lowest BCUT2D eigenvalue weighted by molar-refractivity contribution is -0.146. The molecular formula is C12H15NO2. The highest BCUT2D eigenvalue weighted by molar-refractivity contribution is 6.41. The minimum absolute atomic E-state index is 0.311. The first-order valence-electron chi connectivity index (χ1n) is 4.80. The minimum atomic E-state index is -0.491. The van der Waals surface area contributed by atoms with Crippen molar-refractivity contribution in [2.75, 3.05) is 0 Å². The van der Waals surface area contributed by atoms with Crippen LogP contribution in [0, 0.1) is 0 Å². The van der Waals surface area contributed by atoms with Gasteiger partial charge < -0.3 is 4.74 Å². The number of hydrogen-bond acceptors (Lipinski definition) is 3. The Balaban J connectivity index is 2.75. The van der Waals surface area contributed by atoms with Gasteiger partial charge in [-0.05, 0) is 32.9 Å². The standard InChI is InChI=1S/C12H15NO2/c1-12(2,3)15-11(14)10-8-6-4-5-7-9-13-10/h4-9H,1-3H3. The molecular weight excluding hydrogens is 190 g/mol.